The van der Waals surface area contributed by atoms with Crippen LogP contribution in [0.1, 0.15) is 15.9 Å². The van der Waals surface area contributed by atoms with E-state index in [9.17, 15) is 14.7 Å². The predicted octanol–water partition coefficient (Wildman–Crippen LogP) is 1.48. The van der Waals surface area contributed by atoms with Crippen molar-refractivity contribution in [3.63, 3.8) is 0 Å². The van der Waals surface area contributed by atoms with Gasteiger partial charge in [-0.3, -0.25) is 9.59 Å². The second-order valence-electron chi connectivity index (χ2n) is 4.88. The lowest BCUT2D eigenvalue weighted by molar-refractivity contribution is -0.122. The van der Waals surface area contributed by atoms with Crippen molar-refractivity contribution in [3.8, 4) is 5.75 Å². The molecule has 2 rings (SSSR count). The molecular formula is C17H18N2O3. The molecule has 2 amide bonds. The number of benzene rings is 2. The third-order valence-electron chi connectivity index (χ3n) is 3.28. The van der Waals surface area contributed by atoms with Crippen LogP contribution in [0, 0.1) is 0 Å². The third-order valence-corrected chi connectivity index (χ3v) is 3.28. The lowest BCUT2D eigenvalue weighted by Gasteiger charge is -2.17. The zero-order valence-electron chi connectivity index (χ0n) is 12.2. The van der Waals surface area contributed by atoms with Crippen LogP contribution in [0.15, 0.2) is 54.6 Å². The maximum absolute atomic E-state index is 12.2. The highest BCUT2D eigenvalue weighted by atomic mass is 16.3. The van der Waals surface area contributed by atoms with Crippen molar-refractivity contribution < 1.29 is 14.7 Å². The molecular weight excluding hydrogens is 280 g/mol. The maximum Gasteiger partial charge on any atom is 0.251 e. The Morgan fingerprint density at radius 2 is 1.68 bits per heavy atom. The highest BCUT2D eigenvalue weighted by molar-refractivity contribution is 5.97. The van der Waals surface area contributed by atoms with E-state index in [-0.39, 0.29) is 17.6 Å². The van der Waals surface area contributed by atoms with Gasteiger partial charge in [0, 0.05) is 19.0 Å². The lowest BCUT2D eigenvalue weighted by Crippen LogP contribution is -2.47. The molecule has 0 aliphatic carbocycles. The zero-order valence-corrected chi connectivity index (χ0v) is 12.2. The molecule has 0 bridgehead atoms. The van der Waals surface area contributed by atoms with Crippen molar-refractivity contribution in [3.05, 3.63) is 65.7 Å². The van der Waals surface area contributed by atoms with Gasteiger partial charge in [0.25, 0.3) is 5.91 Å². The van der Waals surface area contributed by atoms with Crippen LogP contribution in [0.4, 0.5) is 0 Å². The summed E-state index contributed by atoms with van der Waals surface area (Å²) in [5, 5.41) is 14.6. The third kappa shape index (κ3) is 4.09. The Bertz CT molecular complexity index is 639. The summed E-state index contributed by atoms with van der Waals surface area (Å²) in [6.45, 7) is 0. The second-order valence-corrected chi connectivity index (χ2v) is 4.88. The summed E-state index contributed by atoms with van der Waals surface area (Å²) in [7, 11) is 1.53. The number of rotatable bonds is 5. The van der Waals surface area contributed by atoms with Crippen LogP contribution in [0.25, 0.3) is 0 Å². The molecule has 114 valence electrons. The number of phenols is 1. The van der Waals surface area contributed by atoms with E-state index >= 15 is 0 Å². The van der Waals surface area contributed by atoms with E-state index in [0.717, 1.165) is 5.56 Å². The van der Waals surface area contributed by atoms with Crippen molar-refractivity contribution in [2.45, 2.75) is 12.5 Å². The highest BCUT2D eigenvalue weighted by Crippen LogP contribution is 2.12. The van der Waals surface area contributed by atoms with Gasteiger partial charge in [-0.15, -0.1) is 0 Å². The molecule has 0 saturated heterocycles. The first-order chi connectivity index (χ1) is 10.6. The van der Waals surface area contributed by atoms with Crippen LogP contribution in [0.5, 0.6) is 5.75 Å². The normalized spacial score (nSPS) is 11.5. The molecule has 0 spiro atoms. The lowest BCUT2D eigenvalue weighted by atomic mass is 10.0. The second kappa shape index (κ2) is 7.26. The molecule has 1 unspecified atom stereocenters. The first-order valence-electron chi connectivity index (χ1n) is 6.95. The summed E-state index contributed by atoms with van der Waals surface area (Å²) in [4.78, 5) is 24.2. The molecule has 0 aliphatic heterocycles. The van der Waals surface area contributed by atoms with Crippen molar-refractivity contribution in [2.24, 2.45) is 0 Å². The number of nitrogens with one attached hydrogen (secondary N) is 2. The van der Waals surface area contributed by atoms with E-state index in [2.05, 4.69) is 10.6 Å². The molecule has 0 radical (unpaired) electrons. The zero-order chi connectivity index (χ0) is 15.9. The van der Waals surface area contributed by atoms with Gasteiger partial charge in [0.15, 0.2) is 0 Å². The molecule has 0 aromatic heterocycles. The van der Waals surface area contributed by atoms with E-state index < -0.39 is 6.04 Å². The van der Waals surface area contributed by atoms with E-state index in [4.69, 9.17) is 0 Å². The van der Waals surface area contributed by atoms with Gasteiger partial charge in [-0.2, -0.15) is 0 Å². The monoisotopic (exact) mass is 298 g/mol. The molecule has 5 nitrogen and oxygen atoms in total. The molecule has 2 aromatic rings. The smallest absolute Gasteiger partial charge is 0.251 e. The van der Waals surface area contributed by atoms with Crippen LogP contribution in [-0.2, 0) is 11.2 Å². The van der Waals surface area contributed by atoms with Crippen molar-refractivity contribution in [1.82, 2.24) is 10.6 Å². The summed E-state index contributed by atoms with van der Waals surface area (Å²) >= 11 is 0. The van der Waals surface area contributed by atoms with Crippen LogP contribution in [0.3, 0.4) is 0 Å². The first-order valence-corrected chi connectivity index (χ1v) is 6.95. The minimum absolute atomic E-state index is 0.161. The molecule has 0 fully saturated rings. The fraction of sp³-hybridized carbons (Fsp3) is 0.176. The van der Waals surface area contributed by atoms with Gasteiger partial charge >= 0.3 is 0 Å². The summed E-state index contributed by atoms with van der Waals surface area (Å²) < 4.78 is 0. The van der Waals surface area contributed by atoms with Crippen LogP contribution >= 0.6 is 0 Å². The summed E-state index contributed by atoms with van der Waals surface area (Å²) in [5.74, 6) is -0.404. The van der Waals surface area contributed by atoms with E-state index in [0.29, 0.717) is 12.0 Å². The van der Waals surface area contributed by atoms with Gasteiger partial charge < -0.3 is 15.7 Å². The minimum atomic E-state index is -0.678. The van der Waals surface area contributed by atoms with E-state index in [1.807, 2.05) is 6.07 Å². The molecule has 2 aromatic carbocycles. The Balaban J connectivity index is 2.11. The van der Waals surface area contributed by atoms with Crippen molar-refractivity contribution >= 4 is 11.8 Å². The Morgan fingerprint density at radius 3 is 2.27 bits per heavy atom. The SMILES string of the molecule is CNC(=O)C(Cc1ccc(O)cc1)NC(=O)c1ccccc1. The molecule has 0 saturated carbocycles. The number of carbonyl (C=O) groups is 2. The summed E-state index contributed by atoms with van der Waals surface area (Å²) in [5.41, 5.74) is 1.35. The first kappa shape index (κ1) is 15.6. The molecule has 1 atom stereocenters. The quantitative estimate of drug-likeness (QED) is 0.782. The minimum Gasteiger partial charge on any atom is -0.508 e. The van der Waals surface area contributed by atoms with Crippen molar-refractivity contribution in [1.29, 1.82) is 0 Å². The van der Waals surface area contributed by atoms with Crippen LogP contribution in [-0.4, -0.2) is 30.0 Å². The van der Waals surface area contributed by atoms with Crippen LogP contribution < -0.4 is 10.6 Å². The van der Waals surface area contributed by atoms with E-state index in [1.165, 1.54) is 7.05 Å². The largest absolute Gasteiger partial charge is 0.508 e. The standard InChI is InChI=1S/C17H18N2O3/c1-18-17(22)15(11-12-7-9-14(20)10-8-12)19-16(21)13-5-3-2-4-6-13/h2-10,15,20H,11H2,1H3,(H,18,22)(H,19,21). The number of amides is 2. The summed E-state index contributed by atoms with van der Waals surface area (Å²) in [6.07, 6.45) is 0.346. The van der Waals surface area contributed by atoms with Gasteiger partial charge in [-0.25, -0.2) is 0 Å². The van der Waals surface area contributed by atoms with Gasteiger partial charge in [-0.05, 0) is 29.8 Å². The fourth-order valence-electron chi connectivity index (χ4n) is 2.08. The van der Waals surface area contributed by atoms with Gasteiger partial charge in [0.1, 0.15) is 11.8 Å². The Morgan fingerprint density at radius 1 is 1.05 bits per heavy atom. The number of hydrogen-bond acceptors (Lipinski definition) is 3. The number of aromatic hydroxyl groups is 1. The molecule has 0 aliphatic rings. The summed E-state index contributed by atoms with van der Waals surface area (Å²) in [6, 6.07) is 14.6. The van der Waals surface area contributed by atoms with Gasteiger partial charge in [0.05, 0.1) is 0 Å². The predicted molar refractivity (Wildman–Crippen MR) is 83.6 cm³/mol. The number of carbonyl (C=O) groups excluding carboxylic acids is 2. The highest BCUT2D eigenvalue weighted by Gasteiger charge is 2.20. The topological polar surface area (TPSA) is 78.4 Å². The average molecular weight is 298 g/mol. The Hall–Kier alpha value is -2.82. The van der Waals surface area contributed by atoms with Gasteiger partial charge in [-0.1, -0.05) is 30.3 Å². The molecule has 22 heavy (non-hydrogen) atoms. The Labute approximate surface area is 129 Å². The molecule has 3 N–H and O–H groups in total. The molecule has 0 heterocycles. The number of hydrogen-bond donors (Lipinski definition) is 3. The fourth-order valence-corrected chi connectivity index (χ4v) is 2.08. The average Bonchev–Trinajstić information content (AvgIpc) is 2.56. The van der Waals surface area contributed by atoms with Gasteiger partial charge in [0.2, 0.25) is 5.91 Å². The van der Waals surface area contributed by atoms with Crippen molar-refractivity contribution in [2.75, 3.05) is 7.05 Å². The Kier molecular flexibility index (Phi) is 5.14. The number of likely N-dealkylation sites (N-methyl/N-ethyl adjacent to an activating group) is 1. The number of phenolic OH excluding ortho intramolecular Hbond substituents is 1. The molecule has 5 heteroatoms. The van der Waals surface area contributed by atoms with Crippen LogP contribution in [0.2, 0.25) is 0 Å². The van der Waals surface area contributed by atoms with E-state index in [1.54, 1.807) is 48.5 Å². The maximum atomic E-state index is 12.2.